The standard InChI is InChI=1S/C12H20N4S2.HI/c1-3-10-9-16(5-7-17-10)12(13-2)15-8-11-14-4-6-18-11;/h4,6,10H,3,5,7-9H2,1-2H3,(H,13,15);1H. The van der Waals surface area contributed by atoms with Gasteiger partial charge in [-0.1, -0.05) is 6.92 Å². The summed E-state index contributed by atoms with van der Waals surface area (Å²) in [5, 5.41) is 7.24. The molecule has 1 fully saturated rings. The Kier molecular flexibility index (Phi) is 8.08. The van der Waals surface area contributed by atoms with Crippen LogP contribution in [0.2, 0.25) is 0 Å². The number of hydrogen-bond donors (Lipinski definition) is 1. The molecule has 1 aliphatic heterocycles. The van der Waals surface area contributed by atoms with Gasteiger partial charge in [0.25, 0.3) is 0 Å². The second-order valence-electron chi connectivity index (χ2n) is 4.17. The van der Waals surface area contributed by atoms with E-state index in [4.69, 9.17) is 0 Å². The fourth-order valence-corrected chi connectivity index (χ4v) is 3.72. The number of aromatic nitrogens is 1. The maximum absolute atomic E-state index is 4.38. The number of aliphatic imine (C=N–C) groups is 1. The Labute approximate surface area is 140 Å². The summed E-state index contributed by atoms with van der Waals surface area (Å²) in [6.45, 7) is 5.20. The highest BCUT2D eigenvalue weighted by Crippen LogP contribution is 2.21. The number of nitrogens with zero attached hydrogens (tertiary/aromatic N) is 3. The van der Waals surface area contributed by atoms with Crippen LogP contribution in [0.25, 0.3) is 0 Å². The number of guanidine groups is 1. The number of hydrogen-bond acceptors (Lipinski definition) is 4. The molecule has 0 aliphatic carbocycles. The van der Waals surface area contributed by atoms with Crippen molar-refractivity contribution in [1.29, 1.82) is 0 Å². The molecule has 1 aromatic rings. The maximum atomic E-state index is 4.38. The minimum atomic E-state index is 0. The quantitative estimate of drug-likeness (QED) is 0.471. The topological polar surface area (TPSA) is 40.5 Å². The van der Waals surface area contributed by atoms with Crippen LogP contribution >= 0.6 is 47.1 Å². The van der Waals surface area contributed by atoms with E-state index in [1.165, 1.54) is 12.2 Å². The number of halogens is 1. The Bertz CT molecular complexity index is 383. The summed E-state index contributed by atoms with van der Waals surface area (Å²) in [7, 11) is 1.85. The van der Waals surface area contributed by atoms with Crippen LogP contribution in [0.5, 0.6) is 0 Å². The molecule has 7 heteroatoms. The molecule has 1 aromatic heterocycles. The van der Waals surface area contributed by atoms with Crippen LogP contribution in [0.4, 0.5) is 0 Å². The van der Waals surface area contributed by atoms with E-state index in [9.17, 15) is 0 Å². The van der Waals surface area contributed by atoms with Crippen molar-refractivity contribution in [3.05, 3.63) is 16.6 Å². The summed E-state index contributed by atoms with van der Waals surface area (Å²) in [5.41, 5.74) is 0. The van der Waals surface area contributed by atoms with E-state index < -0.39 is 0 Å². The summed E-state index contributed by atoms with van der Waals surface area (Å²) in [6, 6.07) is 0. The first-order chi connectivity index (χ1) is 8.83. The molecule has 0 aromatic carbocycles. The van der Waals surface area contributed by atoms with Gasteiger partial charge in [0, 0.05) is 42.7 Å². The second kappa shape index (κ2) is 9.02. The highest BCUT2D eigenvalue weighted by molar-refractivity contribution is 14.0. The smallest absolute Gasteiger partial charge is 0.194 e. The lowest BCUT2D eigenvalue weighted by Crippen LogP contribution is -2.47. The molecule has 0 amide bonds. The Morgan fingerprint density at radius 2 is 2.47 bits per heavy atom. The first-order valence-electron chi connectivity index (χ1n) is 6.29. The van der Waals surface area contributed by atoms with E-state index >= 15 is 0 Å². The third-order valence-electron chi connectivity index (χ3n) is 2.99. The van der Waals surface area contributed by atoms with E-state index in [2.05, 4.69) is 38.9 Å². The van der Waals surface area contributed by atoms with E-state index in [1.54, 1.807) is 11.3 Å². The van der Waals surface area contributed by atoms with Gasteiger partial charge >= 0.3 is 0 Å². The summed E-state index contributed by atoms with van der Waals surface area (Å²) < 4.78 is 0. The fourth-order valence-electron chi connectivity index (χ4n) is 1.99. The van der Waals surface area contributed by atoms with Crippen LogP contribution in [0, 0.1) is 0 Å². The van der Waals surface area contributed by atoms with Gasteiger partial charge in [-0.25, -0.2) is 4.98 Å². The zero-order chi connectivity index (χ0) is 12.8. The molecular formula is C12H21IN4S2. The van der Waals surface area contributed by atoms with E-state index in [0.29, 0.717) is 0 Å². The monoisotopic (exact) mass is 412 g/mol. The Balaban J connectivity index is 0.00000180. The van der Waals surface area contributed by atoms with Gasteiger partial charge in [0.1, 0.15) is 5.01 Å². The molecule has 4 nitrogen and oxygen atoms in total. The van der Waals surface area contributed by atoms with Gasteiger partial charge in [-0.05, 0) is 6.42 Å². The Hall–Kier alpha value is -0.0200. The van der Waals surface area contributed by atoms with Crippen molar-refractivity contribution >= 4 is 53.0 Å². The molecule has 0 spiro atoms. The van der Waals surface area contributed by atoms with Crippen molar-refractivity contribution in [2.75, 3.05) is 25.9 Å². The van der Waals surface area contributed by atoms with Gasteiger partial charge in [0.15, 0.2) is 5.96 Å². The van der Waals surface area contributed by atoms with Gasteiger partial charge in [-0.2, -0.15) is 11.8 Å². The highest BCUT2D eigenvalue weighted by atomic mass is 127. The van der Waals surface area contributed by atoms with Gasteiger partial charge in [-0.15, -0.1) is 35.3 Å². The lowest BCUT2D eigenvalue weighted by atomic mass is 10.3. The minimum absolute atomic E-state index is 0. The highest BCUT2D eigenvalue weighted by Gasteiger charge is 2.21. The molecule has 1 saturated heterocycles. The number of nitrogens with one attached hydrogen (secondary N) is 1. The predicted molar refractivity (Wildman–Crippen MR) is 95.8 cm³/mol. The summed E-state index contributed by atoms with van der Waals surface area (Å²) in [6.07, 6.45) is 3.07. The molecule has 0 bridgehead atoms. The molecule has 0 saturated carbocycles. The van der Waals surface area contributed by atoms with Crippen molar-refractivity contribution in [2.24, 2.45) is 4.99 Å². The first-order valence-corrected chi connectivity index (χ1v) is 8.22. The fraction of sp³-hybridized carbons (Fsp3) is 0.667. The molecule has 2 rings (SSSR count). The van der Waals surface area contributed by atoms with Crippen molar-refractivity contribution in [1.82, 2.24) is 15.2 Å². The predicted octanol–water partition coefficient (Wildman–Crippen LogP) is 2.66. The zero-order valence-electron chi connectivity index (χ0n) is 11.3. The molecule has 0 radical (unpaired) electrons. The molecule has 19 heavy (non-hydrogen) atoms. The largest absolute Gasteiger partial charge is 0.350 e. The van der Waals surface area contributed by atoms with Crippen molar-refractivity contribution < 1.29 is 0 Å². The second-order valence-corrected chi connectivity index (χ2v) is 6.56. The third-order valence-corrected chi connectivity index (χ3v) is 5.14. The normalized spacial score (nSPS) is 20.0. The third kappa shape index (κ3) is 5.11. The summed E-state index contributed by atoms with van der Waals surface area (Å²) in [4.78, 5) is 11.0. The van der Waals surface area contributed by atoms with Crippen LogP contribution in [-0.4, -0.2) is 47.0 Å². The summed E-state index contributed by atoms with van der Waals surface area (Å²) >= 11 is 3.75. The molecule has 1 unspecified atom stereocenters. The average Bonchev–Trinajstić information content (AvgIpc) is 2.93. The van der Waals surface area contributed by atoms with Crippen LogP contribution < -0.4 is 5.32 Å². The van der Waals surface area contributed by atoms with Crippen LogP contribution in [0.1, 0.15) is 18.4 Å². The number of thioether (sulfide) groups is 1. The molecule has 108 valence electrons. The van der Waals surface area contributed by atoms with Crippen molar-refractivity contribution in [3.63, 3.8) is 0 Å². The molecule has 1 N–H and O–H groups in total. The SMILES string of the molecule is CCC1CN(C(=NC)NCc2nccs2)CCS1.I. The summed E-state index contributed by atoms with van der Waals surface area (Å²) in [5.74, 6) is 2.19. The first kappa shape index (κ1) is 17.0. The van der Waals surface area contributed by atoms with Crippen molar-refractivity contribution in [3.8, 4) is 0 Å². The molecule has 1 atom stereocenters. The van der Waals surface area contributed by atoms with Crippen LogP contribution in [0.3, 0.4) is 0 Å². The van der Waals surface area contributed by atoms with Crippen molar-refractivity contribution in [2.45, 2.75) is 25.1 Å². The zero-order valence-corrected chi connectivity index (χ0v) is 15.3. The van der Waals surface area contributed by atoms with Crippen LogP contribution in [0.15, 0.2) is 16.6 Å². The Morgan fingerprint density at radius 3 is 3.11 bits per heavy atom. The van der Waals surface area contributed by atoms with Gasteiger partial charge in [0.05, 0.1) is 6.54 Å². The van der Waals surface area contributed by atoms with E-state index in [1.807, 2.05) is 18.6 Å². The minimum Gasteiger partial charge on any atom is -0.350 e. The van der Waals surface area contributed by atoms with Crippen LogP contribution in [-0.2, 0) is 6.54 Å². The van der Waals surface area contributed by atoms with E-state index in [-0.39, 0.29) is 24.0 Å². The Morgan fingerprint density at radius 1 is 1.63 bits per heavy atom. The molecular weight excluding hydrogens is 391 g/mol. The lowest BCUT2D eigenvalue weighted by Gasteiger charge is -2.34. The van der Waals surface area contributed by atoms with Gasteiger partial charge in [0.2, 0.25) is 0 Å². The molecule has 2 heterocycles. The lowest BCUT2D eigenvalue weighted by molar-refractivity contribution is 0.408. The molecule has 1 aliphatic rings. The average molecular weight is 412 g/mol. The maximum Gasteiger partial charge on any atom is 0.194 e. The number of rotatable bonds is 3. The van der Waals surface area contributed by atoms with Gasteiger partial charge in [-0.3, -0.25) is 4.99 Å². The number of thiazole rings is 1. The van der Waals surface area contributed by atoms with E-state index in [0.717, 1.165) is 35.9 Å². The van der Waals surface area contributed by atoms with Gasteiger partial charge < -0.3 is 10.2 Å².